The second-order valence-electron chi connectivity index (χ2n) is 4.39. The summed E-state index contributed by atoms with van der Waals surface area (Å²) in [4.78, 5) is 0. The predicted molar refractivity (Wildman–Crippen MR) is 73.6 cm³/mol. The Kier molecular flexibility index (Phi) is 22.8. The normalized spacial score (nSPS) is 10.0. The van der Waals surface area contributed by atoms with Gasteiger partial charge < -0.3 is 0 Å². The minimum atomic E-state index is 0. The van der Waals surface area contributed by atoms with Crippen molar-refractivity contribution < 1.29 is 0 Å². The van der Waals surface area contributed by atoms with Crippen LogP contribution in [0.4, 0.5) is 0 Å². The van der Waals surface area contributed by atoms with E-state index in [1.54, 1.807) is 0 Å². The summed E-state index contributed by atoms with van der Waals surface area (Å²) in [7, 11) is 0. The van der Waals surface area contributed by atoms with Gasteiger partial charge in [0.15, 0.2) is 0 Å². The molecule has 0 aliphatic heterocycles. The van der Waals surface area contributed by atoms with Gasteiger partial charge in [0.2, 0.25) is 0 Å². The van der Waals surface area contributed by atoms with E-state index in [1.165, 1.54) is 70.6 Å². The molecule has 1 radical (unpaired) electrons. The van der Waals surface area contributed by atoms with Gasteiger partial charge in [0.25, 0.3) is 0 Å². The van der Waals surface area contributed by atoms with Crippen molar-refractivity contribution in [3.05, 3.63) is 6.92 Å². The fourth-order valence-corrected chi connectivity index (χ4v) is 1.84. The van der Waals surface area contributed by atoms with Gasteiger partial charge in [-0.2, -0.15) is 0 Å². The van der Waals surface area contributed by atoms with Gasteiger partial charge in [-0.25, -0.2) is 0 Å². The average Bonchev–Trinajstić information content (AvgIpc) is 2.21. The van der Waals surface area contributed by atoms with Gasteiger partial charge in [0.1, 0.15) is 0 Å². The monoisotopic (exact) mass is 237 g/mol. The number of hydrogen-bond acceptors (Lipinski definition) is 0. The van der Waals surface area contributed by atoms with Crippen LogP contribution in [0.15, 0.2) is 0 Å². The summed E-state index contributed by atoms with van der Waals surface area (Å²) in [6, 6.07) is 0. The van der Waals surface area contributed by atoms with Crippen molar-refractivity contribution >= 4 is 51.4 Å². The van der Waals surface area contributed by atoms with E-state index < -0.39 is 0 Å². The minimum absolute atomic E-state index is 0. The van der Waals surface area contributed by atoms with Crippen LogP contribution in [0, 0.1) is 6.92 Å². The van der Waals surface area contributed by atoms with Gasteiger partial charge in [-0.15, -0.1) is 0 Å². The summed E-state index contributed by atoms with van der Waals surface area (Å²) in [6.07, 6.45) is 16.9. The van der Waals surface area contributed by atoms with E-state index in [9.17, 15) is 0 Å². The van der Waals surface area contributed by atoms with E-state index in [-0.39, 0.29) is 51.4 Å². The van der Waals surface area contributed by atoms with Gasteiger partial charge in [-0.3, -0.25) is 0 Å². The molecule has 0 spiro atoms. The van der Waals surface area contributed by atoms with Gasteiger partial charge in [-0.05, 0) is 0 Å². The molecule has 0 unspecified atom stereocenters. The standard InChI is InChI=1S/C14H29.K.H/c1-3-5-7-9-11-13-14-12-10-8-6-4-2;;/h1,3-14H2,2H3;;. The van der Waals surface area contributed by atoms with Crippen molar-refractivity contribution in [1.29, 1.82) is 0 Å². The number of rotatable bonds is 11. The van der Waals surface area contributed by atoms with Gasteiger partial charge in [-0.1, -0.05) is 90.9 Å². The summed E-state index contributed by atoms with van der Waals surface area (Å²) in [6.45, 7) is 6.14. The predicted octanol–water partition coefficient (Wildman–Crippen LogP) is 4.87. The second-order valence-corrected chi connectivity index (χ2v) is 4.39. The van der Waals surface area contributed by atoms with Crippen LogP contribution in [0.2, 0.25) is 0 Å². The van der Waals surface area contributed by atoms with Crippen LogP contribution in [0.3, 0.4) is 0 Å². The van der Waals surface area contributed by atoms with Gasteiger partial charge >= 0.3 is 51.4 Å². The fourth-order valence-electron chi connectivity index (χ4n) is 1.84. The molecule has 1 heteroatoms. The maximum absolute atomic E-state index is 3.86. The topological polar surface area (TPSA) is 0 Å². The molecule has 0 saturated heterocycles. The van der Waals surface area contributed by atoms with E-state index in [1.807, 2.05) is 0 Å². The van der Waals surface area contributed by atoms with Crippen molar-refractivity contribution in [2.24, 2.45) is 0 Å². The zero-order valence-electron chi connectivity index (χ0n) is 10.2. The number of hydrogen-bond donors (Lipinski definition) is 0. The Morgan fingerprint density at radius 2 is 0.933 bits per heavy atom. The van der Waals surface area contributed by atoms with Crippen LogP contribution >= 0.6 is 0 Å². The fraction of sp³-hybridized carbons (Fsp3) is 0.929. The van der Waals surface area contributed by atoms with Crippen molar-refractivity contribution in [1.82, 2.24) is 0 Å². The molecule has 0 N–H and O–H groups in total. The van der Waals surface area contributed by atoms with Gasteiger partial charge in [0, 0.05) is 0 Å². The quantitative estimate of drug-likeness (QED) is 0.355. The Morgan fingerprint density at radius 3 is 1.27 bits per heavy atom. The molecule has 0 aliphatic carbocycles. The Hall–Kier alpha value is 1.64. The number of unbranched alkanes of at least 4 members (excludes halogenated alkanes) is 11. The Bertz CT molecular complexity index is 79.3. The molecule has 0 amide bonds. The summed E-state index contributed by atoms with van der Waals surface area (Å²) >= 11 is 0. The molecule has 0 aromatic carbocycles. The van der Waals surface area contributed by atoms with E-state index in [2.05, 4.69) is 13.8 Å². The third-order valence-electron chi connectivity index (χ3n) is 2.85. The molecule has 0 heterocycles. The van der Waals surface area contributed by atoms with Crippen LogP contribution in [0.5, 0.6) is 0 Å². The van der Waals surface area contributed by atoms with E-state index in [0.29, 0.717) is 0 Å². The molecule has 0 nitrogen and oxygen atoms in total. The molecule has 87 valence electrons. The van der Waals surface area contributed by atoms with E-state index in [0.717, 1.165) is 6.42 Å². The first-order chi connectivity index (χ1) is 6.91. The van der Waals surface area contributed by atoms with Crippen molar-refractivity contribution in [2.45, 2.75) is 84.0 Å². The second kappa shape index (κ2) is 18.0. The molecule has 0 bridgehead atoms. The van der Waals surface area contributed by atoms with Crippen LogP contribution in [0.25, 0.3) is 0 Å². The van der Waals surface area contributed by atoms with E-state index >= 15 is 0 Å². The first kappa shape index (κ1) is 19.0. The Labute approximate surface area is 140 Å². The summed E-state index contributed by atoms with van der Waals surface area (Å²) in [5.41, 5.74) is 0. The van der Waals surface area contributed by atoms with Crippen molar-refractivity contribution in [2.75, 3.05) is 0 Å². The third kappa shape index (κ3) is 18.2. The average molecular weight is 237 g/mol. The molecule has 0 fully saturated rings. The SMILES string of the molecule is [CH2]CCCCCCCCCCCCC.[KH]. The van der Waals surface area contributed by atoms with Crippen molar-refractivity contribution in [3.63, 3.8) is 0 Å². The first-order valence-corrected chi connectivity index (χ1v) is 6.71. The van der Waals surface area contributed by atoms with Crippen molar-refractivity contribution in [3.8, 4) is 0 Å². The molecule has 0 aliphatic rings. The van der Waals surface area contributed by atoms with Crippen LogP contribution in [-0.2, 0) is 0 Å². The molecular weight excluding hydrogens is 207 g/mol. The van der Waals surface area contributed by atoms with Crippen LogP contribution in [-0.4, -0.2) is 51.4 Å². The molecule has 15 heavy (non-hydrogen) atoms. The first-order valence-electron chi connectivity index (χ1n) is 6.71. The summed E-state index contributed by atoms with van der Waals surface area (Å²) < 4.78 is 0. The third-order valence-corrected chi connectivity index (χ3v) is 2.85. The molecule has 0 rings (SSSR count). The van der Waals surface area contributed by atoms with Crippen LogP contribution < -0.4 is 0 Å². The molecule has 0 atom stereocenters. The van der Waals surface area contributed by atoms with E-state index in [4.69, 9.17) is 0 Å². The van der Waals surface area contributed by atoms with Crippen LogP contribution in [0.1, 0.15) is 84.0 Å². The summed E-state index contributed by atoms with van der Waals surface area (Å²) in [5, 5.41) is 0. The molecule has 0 saturated carbocycles. The Balaban J connectivity index is 0. The maximum atomic E-state index is 3.86. The zero-order valence-corrected chi connectivity index (χ0v) is 10.2. The zero-order chi connectivity index (χ0) is 10.5. The Morgan fingerprint density at radius 1 is 0.600 bits per heavy atom. The molecular formula is C14H30K. The molecule has 0 aromatic rings. The summed E-state index contributed by atoms with van der Waals surface area (Å²) in [5.74, 6) is 0. The molecule has 0 aromatic heterocycles. The van der Waals surface area contributed by atoms with Gasteiger partial charge in [0.05, 0.1) is 0 Å².